The third-order valence-electron chi connectivity index (χ3n) is 5.06. The van der Waals surface area contributed by atoms with Crippen LogP contribution in [0.1, 0.15) is 29.0 Å². The van der Waals surface area contributed by atoms with E-state index in [1.54, 1.807) is 0 Å². The minimum absolute atomic E-state index is 0.205. The molecule has 0 bridgehead atoms. The van der Waals surface area contributed by atoms with Crippen LogP contribution in [0, 0.1) is 6.42 Å². The van der Waals surface area contributed by atoms with Crippen LogP contribution in [0.4, 0.5) is 5.69 Å². The Morgan fingerprint density at radius 3 is 2.79 bits per heavy atom. The Bertz CT molecular complexity index is 720. The maximum absolute atomic E-state index is 12.9. The van der Waals surface area contributed by atoms with E-state index in [9.17, 15) is 4.79 Å². The van der Waals surface area contributed by atoms with Crippen LogP contribution < -0.4 is 10.2 Å². The van der Waals surface area contributed by atoms with Gasteiger partial charge in [-0.15, -0.1) is 0 Å². The fourth-order valence-electron chi connectivity index (χ4n) is 3.87. The fraction of sp³-hybridized carbons (Fsp3) is 0.333. The molecule has 3 nitrogen and oxygen atoms in total. The summed E-state index contributed by atoms with van der Waals surface area (Å²) in [7, 11) is 0. The molecule has 1 unspecified atom stereocenters. The molecule has 2 aliphatic heterocycles. The van der Waals surface area contributed by atoms with Crippen LogP contribution in [0.3, 0.4) is 0 Å². The van der Waals surface area contributed by atoms with Crippen LogP contribution in [-0.4, -0.2) is 25.5 Å². The van der Waals surface area contributed by atoms with Crippen molar-refractivity contribution in [2.45, 2.75) is 25.2 Å². The molecule has 4 rings (SSSR count). The summed E-state index contributed by atoms with van der Waals surface area (Å²) in [5.74, 6) is 0.606. The van der Waals surface area contributed by atoms with Gasteiger partial charge in [0.2, 0.25) is 5.91 Å². The van der Waals surface area contributed by atoms with Gasteiger partial charge in [0.25, 0.3) is 0 Å². The standard InChI is InChI=1S/C21H23N2O/c24-20(14-16-6-2-1-3-7-16)23-13-11-17-8-4-10-19(21(17)23)18-9-5-12-22-15-18/h1-4,6-10,18,22H,5,11-15H2. The van der Waals surface area contributed by atoms with Crippen LogP contribution in [0.2, 0.25) is 0 Å². The number of amides is 1. The highest BCUT2D eigenvalue weighted by Gasteiger charge is 2.30. The second-order valence-electron chi connectivity index (χ2n) is 6.65. The van der Waals surface area contributed by atoms with Crippen molar-refractivity contribution < 1.29 is 4.79 Å². The van der Waals surface area contributed by atoms with Crippen molar-refractivity contribution in [2.75, 3.05) is 24.5 Å². The first-order valence-electron chi connectivity index (χ1n) is 8.83. The first-order valence-corrected chi connectivity index (χ1v) is 8.83. The van der Waals surface area contributed by atoms with E-state index in [1.165, 1.54) is 16.8 Å². The lowest BCUT2D eigenvalue weighted by Crippen LogP contribution is -2.33. The molecule has 0 saturated carbocycles. The number of carbonyl (C=O) groups excluding carboxylic acids is 1. The average molecular weight is 319 g/mol. The summed E-state index contributed by atoms with van der Waals surface area (Å²) in [6.07, 6.45) is 4.92. The molecule has 0 aromatic heterocycles. The van der Waals surface area contributed by atoms with E-state index in [-0.39, 0.29) is 5.91 Å². The quantitative estimate of drug-likeness (QED) is 0.943. The van der Waals surface area contributed by atoms with E-state index in [1.807, 2.05) is 35.2 Å². The van der Waals surface area contributed by atoms with E-state index in [0.29, 0.717) is 12.3 Å². The summed E-state index contributed by atoms with van der Waals surface area (Å²) in [5, 5.41) is 3.47. The summed E-state index contributed by atoms with van der Waals surface area (Å²) >= 11 is 0. The highest BCUT2D eigenvalue weighted by atomic mass is 16.2. The minimum atomic E-state index is 0.205. The highest BCUT2D eigenvalue weighted by molar-refractivity contribution is 5.97. The van der Waals surface area contributed by atoms with Crippen molar-refractivity contribution >= 4 is 11.6 Å². The van der Waals surface area contributed by atoms with E-state index < -0.39 is 0 Å². The largest absolute Gasteiger partial charge is 0.316 e. The molecule has 0 spiro atoms. The van der Waals surface area contributed by atoms with Crippen LogP contribution >= 0.6 is 0 Å². The molecule has 1 amide bonds. The molecular weight excluding hydrogens is 296 g/mol. The van der Waals surface area contributed by atoms with Gasteiger partial charge < -0.3 is 10.2 Å². The Morgan fingerprint density at radius 1 is 1.12 bits per heavy atom. The second-order valence-corrected chi connectivity index (χ2v) is 6.65. The minimum Gasteiger partial charge on any atom is -0.316 e. The first-order chi connectivity index (χ1) is 11.8. The molecule has 1 atom stereocenters. The van der Waals surface area contributed by atoms with Crippen molar-refractivity contribution in [3.05, 3.63) is 71.6 Å². The van der Waals surface area contributed by atoms with Gasteiger partial charge in [-0.1, -0.05) is 48.5 Å². The number of rotatable bonds is 3. The SMILES string of the molecule is O=C(Cc1ccccc1)N1CCc2cccc(C3[CH]CCNC3)c21. The molecule has 2 aliphatic rings. The number of nitrogens with one attached hydrogen (secondary N) is 1. The van der Waals surface area contributed by atoms with Gasteiger partial charge in [-0.25, -0.2) is 0 Å². The number of carbonyl (C=O) groups is 1. The monoisotopic (exact) mass is 319 g/mol. The lowest BCUT2D eigenvalue weighted by Gasteiger charge is -2.28. The Balaban J connectivity index is 1.61. The number of fused-ring (bicyclic) bond motifs is 1. The Hall–Kier alpha value is -2.13. The van der Waals surface area contributed by atoms with Gasteiger partial charge in [0, 0.05) is 19.0 Å². The van der Waals surface area contributed by atoms with Gasteiger partial charge in [0.15, 0.2) is 0 Å². The van der Waals surface area contributed by atoms with Crippen molar-refractivity contribution in [1.29, 1.82) is 0 Å². The van der Waals surface area contributed by atoms with Crippen molar-refractivity contribution in [3.63, 3.8) is 0 Å². The molecular formula is C21H23N2O. The van der Waals surface area contributed by atoms with Crippen molar-refractivity contribution in [2.24, 2.45) is 0 Å². The normalized spacial score (nSPS) is 20.0. The highest BCUT2D eigenvalue weighted by Crippen LogP contribution is 2.38. The molecule has 1 N–H and O–H groups in total. The van der Waals surface area contributed by atoms with Crippen LogP contribution in [-0.2, 0) is 17.6 Å². The smallest absolute Gasteiger partial charge is 0.231 e. The zero-order valence-electron chi connectivity index (χ0n) is 13.9. The van der Waals surface area contributed by atoms with E-state index in [0.717, 1.165) is 38.0 Å². The molecule has 1 saturated heterocycles. The third-order valence-corrected chi connectivity index (χ3v) is 5.06. The number of piperidine rings is 1. The van der Waals surface area contributed by atoms with Crippen molar-refractivity contribution in [1.82, 2.24) is 5.32 Å². The molecule has 2 aromatic carbocycles. The van der Waals surface area contributed by atoms with Gasteiger partial charge in [0.1, 0.15) is 0 Å². The summed E-state index contributed by atoms with van der Waals surface area (Å²) in [6, 6.07) is 16.5. The number of hydrogen-bond acceptors (Lipinski definition) is 2. The van der Waals surface area contributed by atoms with E-state index in [4.69, 9.17) is 0 Å². The maximum atomic E-state index is 12.9. The summed E-state index contributed by atoms with van der Waals surface area (Å²) in [4.78, 5) is 14.9. The second kappa shape index (κ2) is 6.78. The Kier molecular flexibility index (Phi) is 4.35. The molecule has 0 aliphatic carbocycles. The lowest BCUT2D eigenvalue weighted by molar-refractivity contribution is -0.117. The van der Waals surface area contributed by atoms with Gasteiger partial charge in [-0.05, 0) is 42.5 Å². The van der Waals surface area contributed by atoms with Crippen LogP contribution in [0.5, 0.6) is 0 Å². The molecule has 2 heterocycles. The first kappa shape index (κ1) is 15.4. The lowest BCUT2D eigenvalue weighted by atomic mass is 9.89. The zero-order chi connectivity index (χ0) is 16.4. The summed E-state index contributed by atoms with van der Waals surface area (Å²) < 4.78 is 0. The third kappa shape index (κ3) is 2.96. The van der Waals surface area contributed by atoms with Gasteiger partial charge in [0.05, 0.1) is 12.1 Å². The Labute approximate surface area is 143 Å². The van der Waals surface area contributed by atoms with Crippen molar-refractivity contribution in [3.8, 4) is 0 Å². The fourth-order valence-corrected chi connectivity index (χ4v) is 3.87. The molecule has 1 fully saturated rings. The molecule has 24 heavy (non-hydrogen) atoms. The summed E-state index contributed by atoms with van der Waals surface area (Å²) in [5.41, 5.74) is 4.87. The summed E-state index contributed by atoms with van der Waals surface area (Å²) in [6.45, 7) is 2.83. The number of para-hydroxylation sites is 1. The van der Waals surface area contributed by atoms with Crippen LogP contribution in [0.15, 0.2) is 48.5 Å². The van der Waals surface area contributed by atoms with E-state index in [2.05, 4.69) is 29.9 Å². The van der Waals surface area contributed by atoms with Crippen LogP contribution in [0.25, 0.3) is 0 Å². The number of nitrogens with zero attached hydrogens (tertiary/aromatic N) is 1. The van der Waals surface area contributed by atoms with Gasteiger partial charge >= 0.3 is 0 Å². The number of hydrogen-bond donors (Lipinski definition) is 1. The molecule has 3 heteroatoms. The maximum Gasteiger partial charge on any atom is 0.231 e. The topological polar surface area (TPSA) is 32.3 Å². The number of benzene rings is 2. The predicted octanol–water partition coefficient (Wildman–Crippen LogP) is 3.10. The van der Waals surface area contributed by atoms with Gasteiger partial charge in [-0.2, -0.15) is 0 Å². The Morgan fingerprint density at radius 2 is 2.00 bits per heavy atom. The molecule has 1 radical (unpaired) electrons. The number of anilines is 1. The van der Waals surface area contributed by atoms with Gasteiger partial charge in [-0.3, -0.25) is 4.79 Å². The average Bonchev–Trinajstić information content (AvgIpc) is 3.07. The zero-order valence-corrected chi connectivity index (χ0v) is 13.9. The molecule has 123 valence electrons. The predicted molar refractivity (Wildman–Crippen MR) is 97.2 cm³/mol. The van der Waals surface area contributed by atoms with E-state index >= 15 is 0 Å². The molecule has 2 aromatic rings.